The average Bonchev–Trinajstić information content (AvgIpc) is 3.14. The molecule has 0 bridgehead atoms. The van der Waals surface area contributed by atoms with Gasteiger partial charge in [-0.15, -0.1) is 0 Å². The van der Waals surface area contributed by atoms with Crippen molar-refractivity contribution in [2.45, 2.75) is 95.9 Å². The molecule has 0 unspecified atom stereocenters. The predicted octanol–water partition coefficient (Wildman–Crippen LogP) is 7.87. The van der Waals surface area contributed by atoms with Crippen LogP contribution < -0.4 is 10.6 Å². The first-order valence-corrected chi connectivity index (χ1v) is 18.3. The van der Waals surface area contributed by atoms with Crippen molar-refractivity contribution in [1.82, 2.24) is 10.6 Å². The molecule has 6 nitrogen and oxygen atoms in total. The Kier molecular flexibility index (Phi) is 12.0. The number of amides is 2. The first-order chi connectivity index (χ1) is 24.0. The summed E-state index contributed by atoms with van der Waals surface area (Å²) in [6, 6.07) is 36.4. The van der Waals surface area contributed by atoms with Crippen LogP contribution in [0.5, 0.6) is 0 Å². The minimum absolute atomic E-state index is 0.137. The molecule has 1 aliphatic carbocycles. The summed E-state index contributed by atoms with van der Waals surface area (Å²) in [4.78, 5) is 29.8. The highest BCUT2D eigenvalue weighted by Crippen LogP contribution is 2.42. The van der Waals surface area contributed by atoms with Gasteiger partial charge in [0.25, 0.3) is 0 Å². The Bertz CT molecular complexity index is 1450. The number of carbonyl (C=O) groups excluding carboxylic acids is 2. The molecule has 1 aliphatic rings. The number of hydrogen-bond acceptors (Lipinski definition) is 4. The topological polar surface area (TPSA) is 98.7 Å². The molecule has 0 radical (unpaired) electrons. The van der Waals surface area contributed by atoms with Gasteiger partial charge < -0.3 is 20.8 Å². The second kappa shape index (κ2) is 16.2. The molecule has 2 atom stereocenters. The van der Waals surface area contributed by atoms with E-state index in [0.717, 1.165) is 19.3 Å². The Labute approximate surface area is 298 Å². The molecule has 6 heteroatoms. The van der Waals surface area contributed by atoms with Gasteiger partial charge >= 0.3 is 0 Å². The highest BCUT2D eigenvalue weighted by Gasteiger charge is 2.52. The van der Waals surface area contributed by atoms with Crippen molar-refractivity contribution in [1.29, 1.82) is 0 Å². The fraction of sp³-hybridized carbons (Fsp3) is 0.409. The molecule has 4 aromatic rings. The molecule has 0 aromatic heterocycles. The average molecular weight is 675 g/mol. The Balaban J connectivity index is 1.56. The molecule has 4 N–H and O–H groups in total. The van der Waals surface area contributed by atoms with E-state index < -0.39 is 28.7 Å². The number of rotatable bonds is 14. The lowest BCUT2D eigenvalue weighted by atomic mass is 9.70. The second-order valence-corrected chi connectivity index (χ2v) is 15.0. The standard InChI is InChI=1S/C44H54N2O4/c1-32(2)30-38(43(49,34-20-10-5-11-21-34)35-22-12-6-13-23-35)45-40(47)42(28-18-9-19-29-42)41(48)46-39(31-33(3)4)44(50,36-24-14-7-15-25-36)37-26-16-8-17-27-37/h5-8,10-17,20-27,32-33,38-39,49-50H,9,18-19,28-31H2,1-4H3,(H,45,47)(H,46,48)/t38-,39-/m1/s1. The van der Waals surface area contributed by atoms with Crippen LogP contribution in [0.1, 0.15) is 94.9 Å². The number of carbonyl (C=O) groups is 2. The minimum atomic E-state index is -1.55. The van der Waals surface area contributed by atoms with Crippen molar-refractivity contribution in [3.05, 3.63) is 144 Å². The van der Waals surface area contributed by atoms with Crippen LogP contribution in [-0.4, -0.2) is 34.1 Å². The van der Waals surface area contributed by atoms with Crippen LogP contribution >= 0.6 is 0 Å². The zero-order valence-electron chi connectivity index (χ0n) is 30.0. The summed E-state index contributed by atoms with van der Waals surface area (Å²) in [5.74, 6) is -0.482. The van der Waals surface area contributed by atoms with Crippen LogP contribution in [0.2, 0.25) is 0 Å². The van der Waals surface area contributed by atoms with E-state index in [4.69, 9.17) is 0 Å². The van der Waals surface area contributed by atoms with Crippen LogP contribution in [0.4, 0.5) is 0 Å². The molecule has 50 heavy (non-hydrogen) atoms. The first-order valence-electron chi connectivity index (χ1n) is 18.3. The molecule has 0 aliphatic heterocycles. The van der Waals surface area contributed by atoms with Crippen LogP contribution in [0.15, 0.2) is 121 Å². The molecular formula is C44H54N2O4. The van der Waals surface area contributed by atoms with Gasteiger partial charge in [0, 0.05) is 0 Å². The Morgan fingerprint density at radius 1 is 0.540 bits per heavy atom. The Morgan fingerprint density at radius 2 is 0.820 bits per heavy atom. The number of benzene rings is 4. The maximum Gasteiger partial charge on any atom is 0.236 e. The number of hydrogen-bond donors (Lipinski definition) is 4. The summed E-state index contributed by atoms with van der Waals surface area (Å²) < 4.78 is 0. The third kappa shape index (κ3) is 7.72. The van der Waals surface area contributed by atoms with Gasteiger partial charge in [0.2, 0.25) is 11.8 Å². The van der Waals surface area contributed by atoms with Gasteiger partial charge in [-0.25, -0.2) is 0 Å². The Morgan fingerprint density at radius 3 is 1.08 bits per heavy atom. The Hall–Kier alpha value is -4.26. The van der Waals surface area contributed by atoms with Crippen molar-refractivity contribution >= 4 is 11.8 Å². The molecule has 2 amide bonds. The van der Waals surface area contributed by atoms with Gasteiger partial charge in [-0.1, -0.05) is 168 Å². The molecule has 0 heterocycles. The lowest BCUT2D eigenvalue weighted by molar-refractivity contribution is -0.149. The van der Waals surface area contributed by atoms with E-state index in [1.807, 2.05) is 121 Å². The predicted molar refractivity (Wildman–Crippen MR) is 200 cm³/mol. The summed E-state index contributed by atoms with van der Waals surface area (Å²) in [5, 5.41) is 32.1. The van der Waals surface area contributed by atoms with Crippen molar-refractivity contribution in [3.63, 3.8) is 0 Å². The van der Waals surface area contributed by atoms with Gasteiger partial charge in [-0.2, -0.15) is 0 Å². The highest BCUT2D eigenvalue weighted by atomic mass is 16.3. The third-order valence-corrected chi connectivity index (χ3v) is 10.5. The van der Waals surface area contributed by atoms with Crippen LogP contribution in [0.3, 0.4) is 0 Å². The fourth-order valence-corrected chi connectivity index (χ4v) is 7.82. The first kappa shape index (κ1) is 37.0. The number of aliphatic hydroxyl groups is 2. The zero-order chi connectivity index (χ0) is 35.8. The van der Waals surface area contributed by atoms with Crippen LogP contribution in [0, 0.1) is 17.3 Å². The largest absolute Gasteiger partial charge is 0.378 e. The zero-order valence-corrected chi connectivity index (χ0v) is 30.0. The van der Waals surface area contributed by atoms with Crippen molar-refractivity contribution in [3.8, 4) is 0 Å². The molecule has 4 aromatic carbocycles. The summed E-state index contributed by atoms with van der Waals surface area (Å²) >= 11 is 0. The van der Waals surface area contributed by atoms with Crippen molar-refractivity contribution in [2.75, 3.05) is 0 Å². The molecule has 1 fully saturated rings. The van der Waals surface area contributed by atoms with Gasteiger partial charge in [0.1, 0.15) is 16.6 Å². The lowest BCUT2D eigenvalue weighted by Crippen LogP contribution is -2.62. The molecule has 264 valence electrons. The van der Waals surface area contributed by atoms with E-state index in [9.17, 15) is 19.8 Å². The third-order valence-electron chi connectivity index (χ3n) is 10.5. The van der Waals surface area contributed by atoms with Crippen molar-refractivity contribution in [2.24, 2.45) is 17.3 Å². The quantitative estimate of drug-likeness (QED) is 0.102. The molecule has 1 saturated carbocycles. The van der Waals surface area contributed by atoms with Gasteiger partial charge in [0.15, 0.2) is 0 Å². The van der Waals surface area contributed by atoms with Crippen LogP contribution in [-0.2, 0) is 20.8 Å². The second-order valence-electron chi connectivity index (χ2n) is 15.0. The fourth-order valence-electron chi connectivity index (χ4n) is 7.82. The van der Waals surface area contributed by atoms with E-state index in [1.54, 1.807) is 0 Å². The van der Waals surface area contributed by atoms with E-state index in [1.165, 1.54) is 0 Å². The summed E-state index contributed by atoms with van der Waals surface area (Å²) in [6.07, 6.45) is 4.14. The highest BCUT2D eigenvalue weighted by molar-refractivity contribution is 6.05. The molecular weight excluding hydrogens is 620 g/mol. The summed E-state index contributed by atoms with van der Waals surface area (Å²) in [6.45, 7) is 8.29. The van der Waals surface area contributed by atoms with E-state index in [-0.39, 0.29) is 23.7 Å². The maximum atomic E-state index is 14.9. The van der Waals surface area contributed by atoms with E-state index in [0.29, 0.717) is 47.9 Å². The lowest BCUT2D eigenvalue weighted by Gasteiger charge is -2.44. The summed E-state index contributed by atoms with van der Waals surface area (Å²) in [7, 11) is 0. The van der Waals surface area contributed by atoms with E-state index >= 15 is 0 Å². The summed E-state index contributed by atoms with van der Waals surface area (Å²) in [5.41, 5.74) is -1.77. The normalized spacial score (nSPS) is 16.1. The molecule has 0 spiro atoms. The molecule has 0 saturated heterocycles. The molecule has 5 rings (SSSR count). The monoisotopic (exact) mass is 674 g/mol. The number of nitrogens with one attached hydrogen (secondary N) is 2. The van der Waals surface area contributed by atoms with Gasteiger partial charge in [-0.05, 0) is 59.8 Å². The minimum Gasteiger partial charge on any atom is -0.378 e. The SMILES string of the molecule is CC(C)C[C@@H](NC(=O)C1(C(=O)N[C@H](CC(C)C)C(O)(c2ccccc2)c2ccccc2)CCCCC1)C(O)(c1ccccc1)c1ccccc1. The maximum absolute atomic E-state index is 14.9. The smallest absolute Gasteiger partial charge is 0.236 e. The van der Waals surface area contributed by atoms with Gasteiger partial charge in [-0.3, -0.25) is 9.59 Å². The van der Waals surface area contributed by atoms with Crippen molar-refractivity contribution < 1.29 is 19.8 Å². The van der Waals surface area contributed by atoms with Crippen LogP contribution in [0.25, 0.3) is 0 Å². The van der Waals surface area contributed by atoms with Gasteiger partial charge in [0.05, 0.1) is 12.1 Å². The van der Waals surface area contributed by atoms with E-state index in [2.05, 4.69) is 38.3 Å².